The van der Waals surface area contributed by atoms with Gasteiger partial charge >= 0.3 is 5.97 Å². The molecule has 5 heteroatoms. The third-order valence-corrected chi connectivity index (χ3v) is 4.42. The second-order valence-electron chi connectivity index (χ2n) is 6.59. The lowest BCUT2D eigenvalue weighted by Crippen LogP contribution is -2.22. The molecule has 0 unspecified atom stereocenters. The van der Waals surface area contributed by atoms with Crippen LogP contribution in [0.4, 0.5) is 11.4 Å². The summed E-state index contributed by atoms with van der Waals surface area (Å²) in [5.74, 6) is -0.571. The van der Waals surface area contributed by atoms with Gasteiger partial charge in [-0.2, -0.15) is 0 Å². The zero-order chi connectivity index (χ0) is 19.8. The number of benzene rings is 2. The molecule has 0 saturated carbocycles. The highest BCUT2D eigenvalue weighted by atomic mass is 16.5. The van der Waals surface area contributed by atoms with E-state index in [1.807, 2.05) is 36.4 Å². The molecule has 2 rings (SSSR count). The fraction of sp³-hybridized carbons (Fsp3) is 0.364. The lowest BCUT2D eigenvalue weighted by Gasteiger charge is -2.20. The van der Waals surface area contributed by atoms with Crippen molar-refractivity contribution in [2.45, 2.75) is 33.6 Å². The number of amides is 1. The van der Waals surface area contributed by atoms with Gasteiger partial charge in [0.15, 0.2) is 6.61 Å². The van der Waals surface area contributed by atoms with Crippen LogP contribution >= 0.6 is 0 Å². The molecule has 2 aromatic carbocycles. The zero-order valence-corrected chi connectivity index (χ0v) is 16.5. The lowest BCUT2D eigenvalue weighted by molar-refractivity contribution is -0.119. The fourth-order valence-corrected chi connectivity index (χ4v) is 2.91. The highest BCUT2D eigenvalue weighted by Crippen LogP contribution is 2.23. The quantitative estimate of drug-likeness (QED) is 0.699. The molecule has 2 aromatic rings. The van der Waals surface area contributed by atoms with Gasteiger partial charge in [-0.25, -0.2) is 4.79 Å². The third kappa shape index (κ3) is 5.58. The van der Waals surface area contributed by atoms with E-state index >= 15 is 0 Å². The standard InChI is InChI=1S/C22H28N2O3/c1-5-24(6-2)18-13-11-17(12-14-18)22(26)27-15-21(25)23-20-10-8-7-9-19(20)16(3)4/h7-14,16H,5-6,15H2,1-4H3,(H,23,25). The molecule has 0 saturated heterocycles. The number of carbonyl (C=O) groups is 2. The van der Waals surface area contributed by atoms with Crippen molar-refractivity contribution in [3.05, 3.63) is 59.7 Å². The number of para-hydroxylation sites is 1. The first kappa shape index (κ1) is 20.5. The van der Waals surface area contributed by atoms with Crippen LogP contribution in [-0.4, -0.2) is 31.6 Å². The number of carbonyl (C=O) groups excluding carboxylic acids is 2. The summed E-state index contributed by atoms with van der Waals surface area (Å²) >= 11 is 0. The molecular formula is C22H28N2O3. The summed E-state index contributed by atoms with van der Waals surface area (Å²) in [5.41, 5.74) is 3.28. The summed E-state index contributed by atoms with van der Waals surface area (Å²) in [7, 11) is 0. The van der Waals surface area contributed by atoms with Crippen molar-refractivity contribution in [2.75, 3.05) is 29.9 Å². The first-order valence-electron chi connectivity index (χ1n) is 9.37. The van der Waals surface area contributed by atoms with Crippen molar-refractivity contribution in [1.29, 1.82) is 0 Å². The molecule has 0 radical (unpaired) electrons. The molecule has 27 heavy (non-hydrogen) atoms. The lowest BCUT2D eigenvalue weighted by atomic mass is 10.0. The van der Waals surface area contributed by atoms with Gasteiger partial charge < -0.3 is 15.0 Å². The van der Waals surface area contributed by atoms with Crippen molar-refractivity contribution >= 4 is 23.3 Å². The molecule has 0 fully saturated rings. The van der Waals surface area contributed by atoms with Crippen LogP contribution in [0.1, 0.15) is 49.5 Å². The predicted octanol–water partition coefficient (Wildman–Crippen LogP) is 4.45. The van der Waals surface area contributed by atoms with Gasteiger partial charge in [0, 0.05) is 24.5 Å². The van der Waals surface area contributed by atoms with E-state index < -0.39 is 5.97 Å². The molecule has 0 bridgehead atoms. The molecule has 5 nitrogen and oxygen atoms in total. The van der Waals surface area contributed by atoms with Gasteiger partial charge in [0.1, 0.15) is 0 Å². The second-order valence-corrected chi connectivity index (χ2v) is 6.59. The number of anilines is 2. The molecule has 1 amide bonds. The smallest absolute Gasteiger partial charge is 0.338 e. The SMILES string of the molecule is CCN(CC)c1ccc(C(=O)OCC(=O)Nc2ccccc2C(C)C)cc1. The summed E-state index contributed by atoms with van der Waals surface area (Å²) in [4.78, 5) is 26.5. The Kier molecular flexibility index (Phi) is 7.41. The molecule has 1 N–H and O–H groups in total. The average Bonchev–Trinajstić information content (AvgIpc) is 2.68. The Hall–Kier alpha value is -2.82. The molecule has 0 aliphatic heterocycles. The van der Waals surface area contributed by atoms with Crippen molar-refractivity contribution in [3.8, 4) is 0 Å². The van der Waals surface area contributed by atoms with Crippen molar-refractivity contribution in [2.24, 2.45) is 0 Å². The van der Waals surface area contributed by atoms with Crippen molar-refractivity contribution in [1.82, 2.24) is 0 Å². The monoisotopic (exact) mass is 368 g/mol. The minimum atomic E-state index is -0.506. The van der Waals surface area contributed by atoms with Gasteiger partial charge in [-0.3, -0.25) is 4.79 Å². The first-order chi connectivity index (χ1) is 13.0. The summed E-state index contributed by atoms with van der Waals surface area (Å²) in [6, 6.07) is 14.9. The molecular weight excluding hydrogens is 340 g/mol. The van der Waals surface area contributed by atoms with Gasteiger partial charge in [0.2, 0.25) is 0 Å². The molecule has 144 valence electrons. The van der Waals surface area contributed by atoms with Crippen LogP contribution in [0.25, 0.3) is 0 Å². The van der Waals surface area contributed by atoms with Gasteiger partial charge in [-0.15, -0.1) is 0 Å². The second kappa shape index (κ2) is 9.76. The Balaban J connectivity index is 1.92. The highest BCUT2D eigenvalue weighted by molar-refractivity contribution is 5.96. The maximum Gasteiger partial charge on any atom is 0.338 e. The number of rotatable bonds is 8. The van der Waals surface area contributed by atoms with E-state index in [-0.39, 0.29) is 18.4 Å². The largest absolute Gasteiger partial charge is 0.452 e. The van der Waals surface area contributed by atoms with Gasteiger partial charge in [0.25, 0.3) is 5.91 Å². The summed E-state index contributed by atoms with van der Waals surface area (Å²) < 4.78 is 5.15. The predicted molar refractivity (Wildman–Crippen MR) is 109 cm³/mol. The molecule has 0 spiro atoms. The average molecular weight is 368 g/mol. The van der Waals surface area contributed by atoms with Crippen LogP contribution in [0.15, 0.2) is 48.5 Å². The molecule has 0 aliphatic rings. The van der Waals surface area contributed by atoms with E-state index in [4.69, 9.17) is 4.74 Å². The molecule has 0 aromatic heterocycles. The minimum absolute atomic E-state index is 0.286. The van der Waals surface area contributed by atoms with Crippen LogP contribution in [0.5, 0.6) is 0 Å². The molecule has 0 heterocycles. The normalized spacial score (nSPS) is 10.6. The Morgan fingerprint density at radius 1 is 1.00 bits per heavy atom. The van der Waals surface area contributed by atoms with Crippen molar-refractivity contribution in [3.63, 3.8) is 0 Å². The van der Waals surface area contributed by atoms with Crippen LogP contribution in [-0.2, 0) is 9.53 Å². The highest BCUT2D eigenvalue weighted by Gasteiger charge is 2.13. The van der Waals surface area contributed by atoms with E-state index in [9.17, 15) is 9.59 Å². The van der Waals surface area contributed by atoms with Crippen LogP contribution < -0.4 is 10.2 Å². The van der Waals surface area contributed by atoms with E-state index in [0.29, 0.717) is 5.56 Å². The number of ether oxygens (including phenoxy) is 1. The Morgan fingerprint density at radius 2 is 1.63 bits per heavy atom. The Bertz CT molecular complexity index is 765. The fourth-order valence-electron chi connectivity index (χ4n) is 2.91. The van der Waals surface area contributed by atoms with E-state index in [0.717, 1.165) is 30.0 Å². The van der Waals surface area contributed by atoms with E-state index in [1.54, 1.807) is 12.1 Å². The van der Waals surface area contributed by atoms with Crippen LogP contribution in [0, 0.1) is 0 Å². The first-order valence-corrected chi connectivity index (χ1v) is 9.37. The zero-order valence-electron chi connectivity index (χ0n) is 16.5. The Labute approximate surface area is 161 Å². The van der Waals surface area contributed by atoms with Gasteiger partial charge in [-0.05, 0) is 55.7 Å². The topological polar surface area (TPSA) is 58.6 Å². The van der Waals surface area contributed by atoms with Crippen LogP contribution in [0.3, 0.4) is 0 Å². The number of hydrogen-bond donors (Lipinski definition) is 1. The summed E-state index contributed by atoms with van der Waals surface area (Å²) in [5, 5.41) is 2.82. The number of hydrogen-bond acceptors (Lipinski definition) is 4. The maximum atomic E-state index is 12.2. The third-order valence-electron chi connectivity index (χ3n) is 4.42. The number of nitrogens with one attached hydrogen (secondary N) is 1. The van der Waals surface area contributed by atoms with Crippen molar-refractivity contribution < 1.29 is 14.3 Å². The Morgan fingerprint density at radius 3 is 2.22 bits per heavy atom. The number of esters is 1. The van der Waals surface area contributed by atoms with Gasteiger partial charge in [-0.1, -0.05) is 32.0 Å². The van der Waals surface area contributed by atoms with Gasteiger partial charge in [0.05, 0.1) is 5.56 Å². The van der Waals surface area contributed by atoms with Crippen LogP contribution in [0.2, 0.25) is 0 Å². The molecule has 0 atom stereocenters. The minimum Gasteiger partial charge on any atom is -0.452 e. The summed E-state index contributed by atoms with van der Waals surface area (Å²) in [6.45, 7) is 9.78. The number of nitrogens with zero attached hydrogens (tertiary/aromatic N) is 1. The maximum absolute atomic E-state index is 12.2. The molecule has 0 aliphatic carbocycles. The van der Waals surface area contributed by atoms with E-state index in [2.05, 4.69) is 37.9 Å². The van der Waals surface area contributed by atoms with E-state index in [1.165, 1.54) is 0 Å². The summed E-state index contributed by atoms with van der Waals surface area (Å²) in [6.07, 6.45) is 0.